The molecule has 4 rings (SSSR count). The summed E-state index contributed by atoms with van der Waals surface area (Å²) in [5.74, 6) is 1.97. The highest BCUT2D eigenvalue weighted by Gasteiger charge is 2.20. The summed E-state index contributed by atoms with van der Waals surface area (Å²) in [7, 11) is 1.79. The van der Waals surface area contributed by atoms with Crippen molar-refractivity contribution in [2.45, 2.75) is 19.8 Å². The van der Waals surface area contributed by atoms with E-state index in [0.29, 0.717) is 11.9 Å². The number of pyridine rings is 1. The maximum atomic E-state index is 5.31. The molecule has 0 spiro atoms. The van der Waals surface area contributed by atoms with E-state index in [1.807, 2.05) is 18.2 Å². The largest absolute Gasteiger partial charge is 0.384 e. The Morgan fingerprint density at radius 3 is 2.79 bits per heavy atom. The number of nitrogens with one attached hydrogen (secondary N) is 1. The predicted octanol–water partition coefficient (Wildman–Crippen LogP) is 3.82. The zero-order chi connectivity index (χ0) is 19.3. The topological polar surface area (TPSA) is 68.1 Å². The Morgan fingerprint density at radius 1 is 1.18 bits per heavy atom. The van der Waals surface area contributed by atoms with Gasteiger partial charge in [-0.2, -0.15) is 4.98 Å². The third kappa shape index (κ3) is 4.31. The van der Waals surface area contributed by atoms with E-state index >= 15 is 0 Å². The monoisotopic (exact) mass is 380 g/mol. The lowest BCUT2D eigenvalue weighted by Gasteiger charge is -2.33. The summed E-state index contributed by atoms with van der Waals surface area (Å²) in [4.78, 5) is 11.1. The highest BCUT2D eigenvalue weighted by atomic mass is 16.5. The lowest BCUT2D eigenvalue weighted by molar-refractivity contribution is 0.139. The summed E-state index contributed by atoms with van der Waals surface area (Å²) in [5.41, 5.74) is 3.44. The highest BCUT2D eigenvalue weighted by molar-refractivity contribution is 5.64. The minimum Gasteiger partial charge on any atom is -0.384 e. The van der Waals surface area contributed by atoms with Crippen LogP contribution in [0.3, 0.4) is 0 Å². The Labute approximate surface area is 166 Å². The molecule has 1 fully saturated rings. The molecule has 1 aromatic carbocycles. The number of piperidine rings is 1. The van der Waals surface area contributed by atoms with Crippen molar-refractivity contribution in [3.63, 3.8) is 0 Å². The normalized spacial score (nSPS) is 15.0. The summed E-state index contributed by atoms with van der Waals surface area (Å²) in [6, 6.07) is 12.2. The predicted molar refractivity (Wildman–Crippen MR) is 113 cm³/mol. The number of hydrogen-bond acceptors (Lipinski definition) is 6. The molecular weight excluding hydrogens is 352 g/mol. The molecule has 0 atom stereocenters. The van der Waals surface area contributed by atoms with Crippen molar-refractivity contribution in [3.8, 4) is 5.82 Å². The second-order valence-electron chi connectivity index (χ2n) is 7.27. The molecular formula is C21H28N6O. The van der Waals surface area contributed by atoms with Crippen LogP contribution >= 0.6 is 0 Å². The quantitative estimate of drug-likeness (QED) is 0.701. The molecule has 1 aliphatic rings. The number of nitrogens with zero attached hydrogens (tertiary/aromatic N) is 5. The zero-order valence-corrected chi connectivity index (χ0v) is 16.4. The van der Waals surface area contributed by atoms with Crippen LogP contribution < -0.4 is 10.2 Å². The molecule has 148 valence electrons. The minimum absolute atomic E-state index is 0. The third-order valence-corrected chi connectivity index (χ3v) is 5.08. The van der Waals surface area contributed by atoms with Crippen molar-refractivity contribution in [2.75, 3.05) is 37.0 Å². The first kappa shape index (κ1) is 18.4. The van der Waals surface area contributed by atoms with Gasteiger partial charge >= 0.3 is 0 Å². The first-order chi connectivity index (χ1) is 13.7. The molecule has 7 nitrogen and oxygen atoms in total. The first-order valence-electron chi connectivity index (χ1n) is 9.67. The Bertz CT molecular complexity index is 909. The third-order valence-electron chi connectivity index (χ3n) is 5.08. The number of ether oxygens (including phenoxy) is 1. The number of aryl methyl sites for hydroxylation is 1. The highest BCUT2D eigenvalue weighted by Crippen LogP contribution is 2.28. The molecule has 0 unspecified atom stereocenters. The van der Waals surface area contributed by atoms with E-state index in [0.717, 1.165) is 31.2 Å². The van der Waals surface area contributed by atoms with Gasteiger partial charge in [0.05, 0.1) is 0 Å². The van der Waals surface area contributed by atoms with Gasteiger partial charge in [0, 0.05) is 45.8 Å². The van der Waals surface area contributed by atoms with E-state index in [4.69, 9.17) is 4.74 Å². The van der Waals surface area contributed by atoms with E-state index < -0.39 is 0 Å². The Balaban J connectivity index is 0.00000240. The van der Waals surface area contributed by atoms with Crippen LogP contribution in [-0.4, -0.2) is 46.6 Å². The summed E-state index contributed by atoms with van der Waals surface area (Å²) < 4.78 is 6.98. The van der Waals surface area contributed by atoms with Gasteiger partial charge in [0.1, 0.15) is 6.33 Å². The second kappa shape index (κ2) is 8.39. The van der Waals surface area contributed by atoms with E-state index in [-0.39, 0.29) is 1.43 Å². The van der Waals surface area contributed by atoms with Crippen molar-refractivity contribution >= 4 is 17.3 Å². The van der Waals surface area contributed by atoms with Crippen LogP contribution in [0.4, 0.5) is 17.3 Å². The van der Waals surface area contributed by atoms with Gasteiger partial charge in [-0.15, -0.1) is 5.10 Å². The van der Waals surface area contributed by atoms with Gasteiger partial charge in [-0.25, -0.2) is 9.67 Å². The fourth-order valence-corrected chi connectivity index (χ4v) is 3.66. The minimum atomic E-state index is 0. The van der Waals surface area contributed by atoms with E-state index in [2.05, 4.69) is 50.4 Å². The van der Waals surface area contributed by atoms with Crippen LogP contribution in [0.5, 0.6) is 0 Å². The van der Waals surface area contributed by atoms with Crippen LogP contribution in [0.1, 0.15) is 19.8 Å². The average molecular weight is 380 g/mol. The van der Waals surface area contributed by atoms with Crippen LogP contribution in [-0.2, 0) is 4.74 Å². The molecule has 0 bridgehead atoms. The van der Waals surface area contributed by atoms with E-state index in [1.165, 1.54) is 24.1 Å². The molecule has 28 heavy (non-hydrogen) atoms. The van der Waals surface area contributed by atoms with Gasteiger partial charge in [0.2, 0.25) is 5.95 Å². The van der Waals surface area contributed by atoms with Gasteiger partial charge in [0.25, 0.3) is 0 Å². The van der Waals surface area contributed by atoms with Crippen molar-refractivity contribution < 1.29 is 6.16 Å². The molecule has 0 radical (unpaired) electrons. The average Bonchev–Trinajstić information content (AvgIpc) is 3.17. The summed E-state index contributed by atoms with van der Waals surface area (Å²) >= 11 is 0. The first-order valence-corrected chi connectivity index (χ1v) is 9.67. The zero-order valence-electron chi connectivity index (χ0n) is 16.4. The Kier molecular flexibility index (Phi) is 5.53. The molecule has 3 heterocycles. The van der Waals surface area contributed by atoms with Gasteiger partial charge in [-0.05, 0) is 61.6 Å². The SMILES string of the molecule is COCC1CCN(c2cc(C)cc(Nc3ncn(-c4ccccn4)n3)c2)CC1.[HH]. The van der Waals surface area contributed by atoms with Crippen molar-refractivity contribution in [1.29, 1.82) is 0 Å². The number of rotatable bonds is 6. The number of benzene rings is 1. The maximum Gasteiger partial charge on any atom is 0.247 e. The Morgan fingerprint density at radius 2 is 2.04 bits per heavy atom. The molecule has 2 aromatic heterocycles. The fraction of sp³-hybridized carbons (Fsp3) is 0.381. The Hall–Kier alpha value is -2.93. The van der Waals surface area contributed by atoms with E-state index in [9.17, 15) is 0 Å². The summed E-state index contributed by atoms with van der Waals surface area (Å²) in [6.07, 6.45) is 5.75. The van der Waals surface area contributed by atoms with Crippen LogP contribution in [0.2, 0.25) is 0 Å². The van der Waals surface area contributed by atoms with Crippen molar-refractivity contribution in [3.05, 3.63) is 54.5 Å². The molecule has 0 amide bonds. The molecule has 7 heteroatoms. The fourth-order valence-electron chi connectivity index (χ4n) is 3.66. The van der Waals surface area contributed by atoms with Gasteiger partial charge in [0.15, 0.2) is 5.82 Å². The summed E-state index contributed by atoms with van der Waals surface area (Å²) in [5, 5.41) is 7.81. The molecule has 3 aromatic rings. The van der Waals surface area contributed by atoms with Crippen LogP contribution in [0.25, 0.3) is 5.82 Å². The van der Waals surface area contributed by atoms with Gasteiger partial charge in [-0.3, -0.25) is 0 Å². The van der Waals surface area contributed by atoms with Crippen LogP contribution in [0.15, 0.2) is 48.9 Å². The molecule has 0 saturated carbocycles. The maximum absolute atomic E-state index is 5.31. The second-order valence-corrected chi connectivity index (χ2v) is 7.27. The molecule has 1 N–H and O–H groups in total. The number of aromatic nitrogens is 4. The van der Waals surface area contributed by atoms with Gasteiger partial charge < -0.3 is 15.0 Å². The number of methoxy groups -OCH3 is 1. The lowest BCUT2D eigenvalue weighted by atomic mass is 9.97. The van der Waals surface area contributed by atoms with Crippen molar-refractivity contribution in [1.82, 2.24) is 19.7 Å². The van der Waals surface area contributed by atoms with Gasteiger partial charge in [-0.1, -0.05) is 6.07 Å². The van der Waals surface area contributed by atoms with Crippen molar-refractivity contribution in [2.24, 2.45) is 5.92 Å². The number of anilines is 3. The summed E-state index contributed by atoms with van der Waals surface area (Å²) in [6.45, 7) is 5.10. The van der Waals surface area contributed by atoms with Crippen LogP contribution in [0, 0.1) is 12.8 Å². The van der Waals surface area contributed by atoms with E-state index in [1.54, 1.807) is 24.3 Å². The molecule has 1 aliphatic heterocycles. The smallest absolute Gasteiger partial charge is 0.247 e. The standard InChI is InChI=1S/C21H26N6O.H2/c1-16-11-18(13-19(12-16)26-9-6-17(7-10-26)14-28-2)24-21-23-15-27(25-21)20-5-3-4-8-22-20;/h3-5,8,11-13,15,17H,6-7,9-10,14H2,1-2H3,(H,24,25);1H. The molecule has 0 aliphatic carbocycles. The lowest BCUT2D eigenvalue weighted by Crippen LogP contribution is -2.35. The number of hydrogen-bond donors (Lipinski definition) is 1. The molecule has 1 saturated heterocycles.